The molecular formula is C8H12BrNO2S. The van der Waals surface area contributed by atoms with E-state index in [2.05, 4.69) is 20.9 Å². The van der Waals surface area contributed by atoms with Crippen LogP contribution >= 0.6 is 27.3 Å². The average molecular weight is 266 g/mol. The lowest BCUT2D eigenvalue weighted by Crippen LogP contribution is -1.92. The first-order valence-electron chi connectivity index (χ1n) is 3.83. The molecule has 13 heavy (non-hydrogen) atoms. The summed E-state index contributed by atoms with van der Waals surface area (Å²) >= 11 is 5.08. The van der Waals surface area contributed by atoms with Gasteiger partial charge in [0, 0.05) is 24.4 Å². The van der Waals surface area contributed by atoms with E-state index in [0.29, 0.717) is 13.2 Å². The predicted octanol–water partition coefficient (Wildman–Crippen LogP) is 2.33. The van der Waals surface area contributed by atoms with Crippen LogP contribution in [0.3, 0.4) is 0 Å². The molecule has 0 amide bonds. The van der Waals surface area contributed by atoms with E-state index >= 15 is 0 Å². The highest BCUT2D eigenvalue weighted by atomic mass is 79.9. The highest BCUT2D eigenvalue weighted by molar-refractivity contribution is 9.08. The van der Waals surface area contributed by atoms with Gasteiger partial charge in [0.25, 0.3) is 0 Å². The van der Waals surface area contributed by atoms with Crippen molar-refractivity contribution in [2.75, 3.05) is 14.2 Å². The molecule has 0 aromatic carbocycles. The molecule has 0 bridgehead atoms. The van der Waals surface area contributed by atoms with Crippen molar-refractivity contribution in [2.45, 2.75) is 18.5 Å². The molecule has 1 aromatic rings. The number of thiazole rings is 1. The van der Waals surface area contributed by atoms with Crippen LogP contribution in [0.15, 0.2) is 0 Å². The van der Waals surface area contributed by atoms with Crippen LogP contribution in [0.1, 0.15) is 15.6 Å². The van der Waals surface area contributed by atoms with Crippen LogP contribution in [0.25, 0.3) is 0 Å². The lowest BCUT2D eigenvalue weighted by atomic mass is 10.4. The van der Waals surface area contributed by atoms with Gasteiger partial charge in [0.2, 0.25) is 0 Å². The molecule has 0 aliphatic rings. The lowest BCUT2D eigenvalue weighted by molar-refractivity contribution is 0.176. The number of ether oxygens (including phenoxy) is 2. The minimum absolute atomic E-state index is 0.571. The molecule has 1 rings (SSSR count). The number of rotatable bonds is 5. The van der Waals surface area contributed by atoms with E-state index in [1.807, 2.05) is 0 Å². The van der Waals surface area contributed by atoms with Gasteiger partial charge < -0.3 is 9.47 Å². The van der Waals surface area contributed by atoms with Gasteiger partial charge in [-0.15, -0.1) is 11.3 Å². The molecule has 0 aliphatic carbocycles. The Morgan fingerprint density at radius 2 is 2.00 bits per heavy atom. The van der Waals surface area contributed by atoms with Crippen LogP contribution in [0, 0.1) is 0 Å². The van der Waals surface area contributed by atoms with Crippen LogP contribution in [-0.2, 0) is 28.0 Å². The minimum atomic E-state index is 0.571. The fraction of sp³-hybridized carbons (Fsp3) is 0.625. The number of nitrogens with zero attached hydrogens (tertiary/aromatic N) is 1. The van der Waals surface area contributed by atoms with Crippen LogP contribution in [0.4, 0.5) is 0 Å². The van der Waals surface area contributed by atoms with Gasteiger partial charge in [0.05, 0.1) is 18.9 Å². The van der Waals surface area contributed by atoms with E-state index in [9.17, 15) is 0 Å². The second-order valence-corrected chi connectivity index (χ2v) is 4.21. The van der Waals surface area contributed by atoms with Crippen LogP contribution in [0.2, 0.25) is 0 Å². The van der Waals surface area contributed by atoms with Crippen LogP contribution in [-0.4, -0.2) is 19.2 Å². The Bertz CT molecular complexity index is 265. The monoisotopic (exact) mass is 265 g/mol. The molecule has 0 fully saturated rings. The SMILES string of the molecule is COCc1nc(COC)c(CBr)s1. The second-order valence-electron chi connectivity index (χ2n) is 2.48. The molecule has 1 heterocycles. The second kappa shape index (κ2) is 5.70. The maximum absolute atomic E-state index is 5.04. The summed E-state index contributed by atoms with van der Waals surface area (Å²) in [5, 5.41) is 1.83. The summed E-state index contributed by atoms with van der Waals surface area (Å²) in [7, 11) is 3.35. The van der Waals surface area contributed by atoms with Gasteiger partial charge in [0.15, 0.2) is 0 Å². The molecular weight excluding hydrogens is 254 g/mol. The molecule has 5 heteroatoms. The molecule has 0 saturated carbocycles. The van der Waals surface area contributed by atoms with Crippen LogP contribution < -0.4 is 0 Å². The third-order valence-corrected chi connectivity index (χ3v) is 3.50. The number of methoxy groups -OCH3 is 2. The Morgan fingerprint density at radius 1 is 1.31 bits per heavy atom. The highest BCUT2D eigenvalue weighted by Crippen LogP contribution is 2.22. The van der Waals surface area contributed by atoms with E-state index in [-0.39, 0.29) is 0 Å². The normalized spacial score (nSPS) is 10.7. The molecule has 3 nitrogen and oxygen atoms in total. The largest absolute Gasteiger partial charge is 0.378 e. The molecule has 1 aromatic heterocycles. The summed E-state index contributed by atoms with van der Waals surface area (Å²) in [4.78, 5) is 5.62. The summed E-state index contributed by atoms with van der Waals surface area (Å²) in [6, 6.07) is 0. The van der Waals surface area contributed by atoms with Crippen molar-refractivity contribution in [1.29, 1.82) is 0 Å². The third kappa shape index (κ3) is 3.02. The number of hydrogen-bond acceptors (Lipinski definition) is 4. The third-order valence-electron chi connectivity index (χ3n) is 1.49. The standard InChI is InChI=1S/C8H12BrNO2S/c1-11-4-6-7(3-9)13-8(10-6)5-12-2/h3-5H2,1-2H3. The maximum Gasteiger partial charge on any atom is 0.119 e. The Hall–Kier alpha value is 0.0300. The highest BCUT2D eigenvalue weighted by Gasteiger charge is 2.09. The van der Waals surface area contributed by atoms with Gasteiger partial charge in [-0.25, -0.2) is 4.98 Å². The van der Waals surface area contributed by atoms with E-state index in [0.717, 1.165) is 16.0 Å². The van der Waals surface area contributed by atoms with Crippen molar-refractivity contribution < 1.29 is 9.47 Å². The Labute approximate surface area is 90.2 Å². The van der Waals surface area contributed by atoms with Gasteiger partial charge in [-0.05, 0) is 0 Å². The number of aromatic nitrogens is 1. The van der Waals surface area contributed by atoms with Gasteiger partial charge in [-0.2, -0.15) is 0 Å². The topological polar surface area (TPSA) is 31.4 Å². The molecule has 0 atom stereocenters. The number of halogens is 1. The van der Waals surface area contributed by atoms with E-state index in [1.54, 1.807) is 25.6 Å². The maximum atomic E-state index is 5.04. The zero-order chi connectivity index (χ0) is 9.68. The summed E-state index contributed by atoms with van der Waals surface area (Å²) in [5.74, 6) is 0. The zero-order valence-electron chi connectivity index (χ0n) is 7.67. The van der Waals surface area contributed by atoms with Gasteiger partial charge >= 0.3 is 0 Å². The van der Waals surface area contributed by atoms with Crippen molar-refractivity contribution in [1.82, 2.24) is 4.98 Å². The summed E-state index contributed by atoms with van der Waals surface area (Å²) < 4.78 is 10.1. The number of hydrogen-bond donors (Lipinski definition) is 0. The molecule has 0 N–H and O–H groups in total. The van der Waals surface area contributed by atoms with Crippen molar-refractivity contribution in [2.24, 2.45) is 0 Å². The van der Waals surface area contributed by atoms with Crippen molar-refractivity contribution in [3.63, 3.8) is 0 Å². The molecule has 0 aliphatic heterocycles. The van der Waals surface area contributed by atoms with Gasteiger partial charge in [0.1, 0.15) is 5.01 Å². The average Bonchev–Trinajstić information content (AvgIpc) is 2.49. The van der Waals surface area contributed by atoms with E-state index < -0.39 is 0 Å². The molecule has 0 radical (unpaired) electrons. The lowest BCUT2D eigenvalue weighted by Gasteiger charge is -1.95. The quantitative estimate of drug-likeness (QED) is 0.766. The summed E-state index contributed by atoms with van der Waals surface area (Å²) in [6.45, 7) is 1.15. The molecule has 0 spiro atoms. The minimum Gasteiger partial charge on any atom is -0.378 e. The first-order valence-corrected chi connectivity index (χ1v) is 5.77. The fourth-order valence-corrected chi connectivity index (χ4v) is 2.54. The Morgan fingerprint density at radius 3 is 2.54 bits per heavy atom. The summed E-state index contributed by atoms with van der Waals surface area (Å²) in [5.41, 5.74) is 1.01. The van der Waals surface area contributed by atoms with Crippen molar-refractivity contribution in [3.05, 3.63) is 15.6 Å². The Balaban J connectivity index is 2.77. The van der Waals surface area contributed by atoms with Gasteiger partial charge in [-0.3, -0.25) is 0 Å². The Kier molecular flexibility index (Phi) is 4.87. The van der Waals surface area contributed by atoms with Crippen molar-refractivity contribution in [3.8, 4) is 0 Å². The molecule has 74 valence electrons. The predicted molar refractivity (Wildman–Crippen MR) is 56.2 cm³/mol. The van der Waals surface area contributed by atoms with Gasteiger partial charge in [-0.1, -0.05) is 15.9 Å². The first-order chi connectivity index (χ1) is 6.31. The van der Waals surface area contributed by atoms with E-state index in [1.165, 1.54) is 4.88 Å². The first kappa shape index (κ1) is 11.1. The van der Waals surface area contributed by atoms with Crippen LogP contribution in [0.5, 0.6) is 0 Å². The summed E-state index contributed by atoms with van der Waals surface area (Å²) in [6.07, 6.45) is 0. The molecule has 0 saturated heterocycles. The fourth-order valence-electron chi connectivity index (χ4n) is 0.976. The van der Waals surface area contributed by atoms with Crippen molar-refractivity contribution >= 4 is 27.3 Å². The van der Waals surface area contributed by atoms with E-state index in [4.69, 9.17) is 9.47 Å². The zero-order valence-corrected chi connectivity index (χ0v) is 10.1. The smallest absolute Gasteiger partial charge is 0.119 e. The number of alkyl halides is 1. The molecule has 0 unspecified atom stereocenters.